The highest BCUT2D eigenvalue weighted by atomic mass is 35.5. The lowest BCUT2D eigenvalue weighted by atomic mass is 9.84. The Hall–Kier alpha value is -0.310. The summed E-state index contributed by atoms with van der Waals surface area (Å²) in [5.74, 6) is 2.63. The molecule has 4 atom stereocenters. The van der Waals surface area contributed by atoms with E-state index in [9.17, 15) is 0 Å². The van der Waals surface area contributed by atoms with Gasteiger partial charge < -0.3 is 5.73 Å². The van der Waals surface area contributed by atoms with Gasteiger partial charge in [0, 0.05) is 12.2 Å². The topological polar surface area (TPSA) is 38.9 Å². The lowest BCUT2D eigenvalue weighted by molar-refractivity contribution is 0.294. The number of halogens is 2. The molecule has 0 spiro atoms. The Balaban J connectivity index is 1.69. The monoisotopic (exact) mass is 284 g/mol. The fourth-order valence-corrected chi connectivity index (χ4v) is 4.32. The molecule has 1 aromatic rings. The summed E-state index contributed by atoms with van der Waals surface area (Å²) in [5.41, 5.74) is 7.06. The van der Waals surface area contributed by atoms with Gasteiger partial charge in [-0.3, -0.25) is 4.98 Å². The van der Waals surface area contributed by atoms with Crippen molar-refractivity contribution in [2.24, 2.45) is 23.5 Å². The fraction of sp³-hybridized carbons (Fsp3) is 0.643. The van der Waals surface area contributed by atoms with E-state index in [1.165, 1.54) is 25.7 Å². The summed E-state index contributed by atoms with van der Waals surface area (Å²) in [5, 5.41) is 1.16. The van der Waals surface area contributed by atoms with Crippen molar-refractivity contribution in [2.45, 2.75) is 38.1 Å². The van der Waals surface area contributed by atoms with Crippen molar-refractivity contribution in [3.8, 4) is 0 Å². The van der Waals surface area contributed by atoms with Gasteiger partial charge in [-0.25, -0.2) is 0 Å². The Labute approximate surface area is 118 Å². The summed E-state index contributed by atoms with van der Waals surface area (Å²) in [6, 6.07) is 1.67. The first kappa shape index (κ1) is 12.7. The zero-order chi connectivity index (χ0) is 12.7. The third-order valence-electron chi connectivity index (χ3n) is 4.63. The maximum Gasteiger partial charge on any atom is 0.0758 e. The van der Waals surface area contributed by atoms with E-state index in [0.717, 1.165) is 29.9 Å². The maximum absolute atomic E-state index is 6.27. The van der Waals surface area contributed by atoms with Crippen LogP contribution in [0.1, 0.15) is 43.8 Å². The zero-order valence-corrected chi connectivity index (χ0v) is 11.8. The van der Waals surface area contributed by atoms with Crippen LogP contribution in [-0.2, 0) is 0 Å². The van der Waals surface area contributed by atoms with Gasteiger partial charge in [-0.2, -0.15) is 0 Å². The van der Waals surface area contributed by atoms with Crippen molar-refractivity contribution in [3.63, 3.8) is 0 Å². The number of nitrogens with two attached hydrogens (primary N) is 1. The molecule has 1 aromatic heterocycles. The number of nitrogens with zero attached hydrogens (tertiary/aromatic N) is 1. The largest absolute Gasteiger partial charge is 0.323 e. The van der Waals surface area contributed by atoms with E-state index in [4.69, 9.17) is 28.9 Å². The van der Waals surface area contributed by atoms with Crippen molar-refractivity contribution >= 4 is 23.2 Å². The molecule has 0 amide bonds. The van der Waals surface area contributed by atoms with Crippen LogP contribution < -0.4 is 5.73 Å². The zero-order valence-electron chi connectivity index (χ0n) is 10.3. The Bertz CT molecular complexity index is 449. The number of fused-ring (bicyclic) bond motifs is 2. The molecule has 0 radical (unpaired) electrons. The van der Waals surface area contributed by atoms with Crippen LogP contribution in [0.3, 0.4) is 0 Å². The smallest absolute Gasteiger partial charge is 0.0758 e. The van der Waals surface area contributed by atoms with E-state index in [1.54, 1.807) is 12.3 Å². The molecule has 2 nitrogen and oxygen atoms in total. The van der Waals surface area contributed by atoms with Gasteiger partial charge in [0.1, 0.15) is 0 Å². The van der Waals surface area contributed by atoms with Crippen LogP contribution in [0.15, 0.2) is 12.3 Å². The van der Waals surface area contributed by atoms with Gasteiger partial charge in [-0.05, 0) is 49.5 Å². The van der Waals surface area contributed by atoms with Gasteiger partial charge in [0.2, 0.25) is 0 Å². The molecular formula is C14H18Cl2N2. The molecule has 2 bridgehead atoms. The first-order valence-corrected chi connectivity index (χ1v) is 7.45. The van der Waals surface area contributed by atoms with Crippen molar-refractivity contribution in [2.75, 3.05) is 0 Å². The molecule has 2 N–H and O–H groups in total. The third-order valence-corrected chi connectivity index (χ3v) is 5.14. The molecule has 4 heteroatoms. The van der Waals surface area contributed by atoms with Crippen molar-refractivity contribution in [1.29, 1.82) is 0 Å². The number of rotatable bonds is 3. The van der Waals surface area contributed by atoms with E-state index in [2.05, 4.69) is 4.98 Å². The van der Waals surface area contributed by atoms with E-state index < -0.39 is 0 Å². The highest BCUT2D eigenvalue weighted by Gasteiger charge is 2.40. The number of aromatic nitrogens is 1. The van der Waals surface area contributed by atoms with Crippen LogP contribution in [0, 0.1) is 17.8 Å². The molecular weight excluding hydrogens is 267 g/mol. The Morgan fingerprint density at radius 2 is 2.17 bits per heavy atom. The second-order valence-corrected chi connectivity index (χ2v) is 6.64. The van der Waals surface area contributed by atoms with Gasteiger partial charge >= 0.3 is 0 Å². The van der Waals surface area contributed by atoms with Gasteiger partial charge in [0.15, 0.2) is 0 Å². The van der Waals surface area contributed by atoms with Gasteiger partial charge in [0.05, 0.1) is 15.7 Å². The molecule has 0 saturated heterocycles. The summed E-state index contributed by atoms with van der Waals surface area (Å²) in [4.78, 5) is 4.29. The quantitative estimate of drug-likeness (QED) is 0.903. The SMILES string of the molecule is NC(CC1CC2CCC1C2)c1ncc(Cl)cc1Cl. The fourth-order valence-electron chi connectivity index (χ4n) is 3.80. The second kappa shape index (κ2) is 4.99. The van der Waals surface area contributed by atoms with E-state index in [0.29, 0.717) is 10.0 Å². The molecule has 98 valence electrons. The first-order valence-electron chi connectivity index (χ1n) is 6.70. The third kappa shape index (κ3) is 2.38. The molecule has 0 aliphatic heterocycles. The molecule has 2 aliphatic rings. The van der Waals surface area contributed by atoms with Crippen molar-refractivity contribution in [1.82, 2.24) is 4.98 Å². The Kier molecular flexibility index (Phi) is 3.52. The van der Waals surface area contributed by atoms with Crippen molar-refractivity contribution in [3.05, 3.63) is 28.0 Å². The van der Waals surface area contributed by atoms with Crippen LogP contribution in [0.4, 0.5) is 0 Å². The summed E-state index contributed by atoms with van der Waals surface area (Å²) >= 11 is 12.0. The van der Waals surface area contributed by atoms with Crippen molar-refractivity contribution < 1.29 is 0 Å². The van der Waals surface area contributed by atoms with Crippen LogP contribution in [-0.4, -0.2) is 4.98 Å². The van der Waals surface area contributed by atoms with E-state index >= 15 is 0 Å². The lowest BCUT2D eigenvalue weighted by Crippen LogP contribution is -2.20. The average Bonchev–Trinajstić information content (AvgIpc) is 2.90. The maximum atomic E-state index is 6.27. The lowest BCUT2D eigenvalue weighted by Gasteiger charge is -2.24. The normalized spacial score (nSPS) is 31.8. The van der Waals surface area contributed by atoms with E-state index in [1.807, 2.05) is 0 Å². The summed E-state index contributed by atoms with van der Waals surface area (Å²) < 4.78 is 0. The molecule has 2 fully saturated rings. The van der Waals surface area contributed by atoms with Crippen LogP contribution >= 0.6 is 23.2 Å². The molecule has 4 unspecified atom stereocenters. The Morgan fingerprint density at radius 1 is 1.33 bits per heavy atom. The molecule has 18 heavy (non-hydrogen) atoms. The molecule has 2 saturated carbocycles. The number of pyridine rings is 1. The summed E-state index contributed by atoms with van der Waals surface area (Å²) in [6.07, 6.45) is 8.22. The van der Waals surface area contributed by atoms with Crippen LogP contribution in [0.2, 0.25) is 10.0 Å². The number of hydrogen-bond donors (Lipinski definition) is 1. The molecule has 0 aromatic carbocycles. The molecule has 1 heterocycles. The number of hydrogen-bond acceptors (Lipinski definition) is 2. The predicted molar refractivity (Wildman–Crippen MR) is 74.7 cm³/mol. The van der Waals surface area contributed by atoms with Gasteiger partial charge in [-0.1, -0.05) is 29.6 Å². The van der Waals surface area contributed by atoms with E-state index in [-0.39, 0.29) is 6.04 Å². The average molecular weight is 285 g/mol. The summed E-state index contributed by atoms with van der Waals surface area (Å²) in [7, 11) is 0. The minimum atomic E-state index is -0.0564. The molecule has 2 aliphatic carbocycles. The first-order chi connectivity index (χ1) is 8.63. The van der Waals surface area contributed by atoms with Gasteiger partial charge in [0.25, 0.3) is 0 Å². The molecule has 3 rings (SSSR count). The minimum absolute atomic E-state index is 0.0564. The summed E-state index contributed by atoms with van der Waals surface area (Å²) in [6.45, 7) is 0. The second-order valence-electron chi connectivity index (χ2n) is 5.80. The minimum Gasteiger partial charge on any atom is -0.323 e. The van der Waals surface area contributed by atoms with Crippen LogP contribution in [0.25, 0.3) is 0 Å². The predicted octanol–water partition coefficient (Wildman–Crippen LogP) is 4.21. The van der Waals surface area contributed by atoms with Crippen LogP contribution in [0.5, 0.6) is 0 Å². The highest BCUT2D eigenvalue weighted by molar-refractivity contribution is 6.34. The highest BCUT2D eigenvalue weighted by Crippen LogP contribution is 2.50. The standard InChI is InChI=1S/C14H18Cl2N2/c15-11-6-12(16)14(18-7-11)13(17)5-10-4-8-1-2-9(10)3-8/h6-10,13H,1-5,17H2. The Morgan fingerprint density at radius 3 is 2.78 bits per heavy atom. The van der Waals surface area contributed by atoms with Gasteiger partial charge in [-0.15, -0.1) is 0 Å².